The van der Waals surface area contributed by atoms with E-state index in [9.17, 15) is 4.79 Å². The van der Waals surface area contributed by atoms with Crippen molar-refractivity contribution < 1.29 is 9.53 Å². The fourth-order valence-electron chi connectivity index (χ4n) is 2.36. The fraction of sp³-hybridized carbons (Fsp3) is 0.400. The molecule has 1 aromatic carbocycles. The molecule has 3 nitrogen and oxygen atoms in total. The summed E-state index contributed by atoms with van der Waals surface area (Å²) in [5.41, 5.74) is 6.11. The second-order valence-corrected chi connectivity index (χ2v) is 9.88. The Balaban J connectivity index is 3.14. The van der Waals surface area contributed by atoms with Gasteiger partial charge < -0.3 is 10.5 Å². The largest absolute Gasteiger partial charge is 0.468 e. The van der Waals surface area contributed by atoms with Gasteiger partial charge in [-0.15, -0.1) is 0 Å². The molecule has 0 aliphatic heterocycles. The lowest BCUT2D eigenvalue weighted by atomic mass is 10.2. The van der Waals surface area contributed by atoms with Gasteiger partial charge in [-0.25, -0.2) is 0 Å². The van der Waals surface area contributed by atoms with Crippen LogP contribution in [0.25, 0.3) is 0 Å². The van der Waals surface area contributed by atoms with Crippen LogP contribution in [0.1, 0.15) is 6.92 Å². The molecule has 0 spiro atoms. The van der Waals surface area contributed by atoms with E-state index in [4.69, 9.17) is 10.5 Å². The number of benzene rings is 1. The molecule has 0 amide bonds. The maximum atomic E-state index is 11.7. The standard InChI is InChI=1S/C15H23NO2Si/c1-5-9-13(14(16)15(17)18-2)19(3,4)12-10-7-6-8-11-12/h5-11,13-14H,16H2,1-4H3/b9-5+/t13-,14-/m1/s1. The zero-order chi connectivity index (χ0) is 14.5. The number of hydrogen-bond donors (Lipinski definition) is 1. The van der Waals surface area contributed by atoms with Crippen LogP contribution < -0.4 is 10.9 Å². The summed E-state index contributed by atoms with van der Waals surface area (Å²) in [5.74, 6) is -0.348. The Labute approximate surface area is 116 Å². The van der Waals surface area contributed by atoms with E-state index in [2.05, 4.69) is 25.2 Å². The third-order valence-electron chi connectivity index (χ3n) is 3.61. The molecule has 4 heteroatoms. The topological polar surface area (TPSA) is 52.3 Å². The summed E-state index contributed by atoms with van der Waals surface area (Å²) in [6.07, 6.45) is 4.01. The Morgan fingerprint density at radius 2 is 1.89 bits per heavy atom. The van der Waals surface area contributed by atoms with Crippen molar-refractivity contribution in [2.24, 2.45) is 5.73 Å². The lowest BCUT2D eigenvalue weighted by Crippen LogP contribution is -2.53. The van der Waals surface area contributed by atoms with Crippen LogP contribution in [0.2, 0.25) is 18.6 Å². The predicted molar refractivity (Wildman–Crippen MR) is 82.1 cm³/mol. The average Bonchev–Trinajstić information content (AvgIpc) is 2.43. The van der Waals surface area contributed by atoms with Crippen molar-refractivity contribution in [3.63, 3.8) is 0 Å². The first-order chi connectivity index (χ1) is 8.95. The van der Waals surface area contributed by atoms with E-state index in [-0.39, 0.29) is 11.5 Å². The molecule has 0 unspecified atom stereocenters. The van der Waals surface area contributed by atoms with Gasteiger partial charge in [0.15, 0.2) is 0 Å². The summed E-state index contributed by atoms with van der Waals surface area (Å²) in [7, 11) is -0.504. The molecule has 0 aliphatic rings. The van der Waals surface area contributed by atoms with E-state index in [1.54, 1.807) is 0 Å². The molecule has 19 heavy (non-hydrogen) atoms. The number of nitrogens with two attached hydrogens (primary N) is 1. The Hall–Kier alpha value is -1.39. The van der Waals surface area contributed by atoms with Gasteiger partial charge in [-0.3, -0.25) is 4.79 Å². The Morgan fingerprint density at radius 1 is 1.32 bits per heavy atom. The number of allylic oxidation sites excluding steroid dienone is 1. The van der Waals surface area contributed by atoms with Gasteiger partial charge in [0.1, 0.15) is 6.04 Å². The molecule has 104 valence electrons. The van der Waals surface area contributed by atoms with Crippen molar-refractivity contribution in [3.8, 4) is 0 Å². The molecule has 0 saturated heterocycles. The van der Waals surface area contributed by atoms with E-state index in [0.717, 1.165) is 0 Å². The summed E-state index contributed by atoms with van der Waals surface area (Å²) in [5, 5.41) is 1.29. The van der Waals surface area contributed by atoms with Crippen molar-refractivity contribution in [1.29, 1.82) is 0 Å². The molecule has 1 aromatic rings. The highest BCUT2D eigenvalue weighted by Crippen LogP contribution is 2.27. The SMILES string of the molecule is C/C=C/[C@H]([C@@H](N)C(=O)OC)[Si](C)(C)c1ccccc1. The van der Waals surface area contributed by atoms with Crippen LogP contribution in [0, 0.1) is 0 Å². The number of methoxy groups -OCH3 is 1. The Kier molecular flexibility index (Phi) is 5.51. The zero-order valence-corrected chi connectivity index (χ0v) is 13.1. The minimum Gasteiger partial charge on any atom is -0.468 e. The zero-order valence-electron chi connectivity index (χ0n) is 12.1. The summed E-state index contributed by atoms with van der Waals surface area (Å²) < 4.78 is 4.79. The van der Waals surface area contributed by atoms with Crippen molar-refractivity contribution in [2.75, 3.05) is 7.11 Å². The van der Waals surface area contributed by atoms with E-state index in [1.165, 1.54) is 12.3 Å². The Bertz CT molecular complexity index is 443. The van der Waals surface area contributed by atoms with Crippen LogP contribution in [0.15, 0.2) is 42.5 Å². The second kappa shape index (κ2) is 6.68. The minimum atomic E-state index is -1.88. The summed E-state index contributed by atoms with van der Waals surface area (Å²) in [4.78, 5) is 11.7. The highest BCUT2D eigenvalue weighted by atomic mass is 28.3. The number of carbonyl (C=O) groups is 1. The number of hydrogen-bond acceptors (Lipinski definition) is 3. The van der Waals surface area contributed by atoms with Gasteiger partial charge in [-0.1, -0.05) is 60.8 Å². The summed E-state index contributed by atoms with van der Waals surface area (Å²) in [6, 6.07) is 9.68. The van der Waals surface area contributed by atoms with Crippen molar-refractivity contribution in [2.45, 2.75) is 31.6 Å². The lowest BCUT2D eigenvalue weighted by Gasteiger charge is -2.33. The summed E-state index contributed by atoms with van der Waals surface area (Å²) >= 11 is 0. The van der Waals surface area contributed by atoms with Crippen molar-refractivity contribution in [3.05, 3.63) is 42.5 Å². The van der Waals surface area contributed by atoms with E-state index < -0.39 is 14.1 Å². The first-order valence-corrected chi connectivity index (χ1v) is 9.54. The molecule has 0 bridgehead atoms. The third kappa shape index (κ3) is 3.55. The molecule has 2 N–H and O–H groups in total. The third-order valence-corrected chi connectivity index (χ3v) is 7.65. The van der Waals surface area contributed by atoms with Gasteiger partial charge in [0.05, 0.1) is 15.2 Å². The maximum absolute atomic E-state index is 11.7. The van der Waals surface area contributed by atoms with Crippen LogP contribution in [0.4, 0.5) is 0 Å². The van der Waals surface area contributed by atoms with E-state index in [0.29, 0.717) is 0 Å². The highest BCUT2D eigenvalue weighted by molar-refractivity contribution is 6.91. The summed E-state index contributed by atoms with van der Waals surface area (Å²) in [6.45, 7) is 6.41. The molecular formula is C15H23NO2Si. The quantitative estimate of drug-likeness (QED) is 0.509. The molecule has 1 rings (SSSR count). The van der Waals surface area contributed by atoms with Crippen LogP contribution in [-0.4, -0.2) is 27.2 Å². The molecule has 0 radical (unpaired) electrons. The predicted octanol–water partition coefficient (Wildman–Crippen LogP) is 2.05. The average molecular weight is 277 g/mol. The molecule has 2 atom stereocenters. The van der Waals surface area contributed by atoms with Gasteiger partial charge in [0.2, 0.25) is 0 Å². The highest BCUT2D eigenvalue weighted by Gasteiger charge is 2.39. The molecule has 0 saturated carbocycles. The van der Waals surface area contributed by atoms with Crippen LogP contribution in [0.5, 0.6) is 0 Å². The lowest BCUT2D eigenvalue weighted by molar-refractivity contribution is -0.142. The number of ether oxygens (including phenoxy) is 1. The van der Waals surface area contributed by atoms with Gasteiger partial charge in [-0.05, 0) is 6.92 Å². The fourth-order valence-corrected chi connectivity index (χ4v) is 5.50. The maximum Gasteiger partial charge on any atom is 0.322 e. The van der Waals surface area contributed by atoms with Gasteiger partial charge >= 0.3 is 5.97 Å². The number of esters is 1. The van der Waals surface area contributed by atoms with E-state index >= 15 is 0 Å². The van der Waals surface area contributed by atoms with Crippen molar-refractivity contribution in [1.82, 2.24) is 0 Å². The van der Waals surface area contributed by atoms with Crippen LogP contribution in [0.3, 0.4) is 0 Å². The number of rotatable bonds is 5. The minimum absolute atomic E-state index is 0.0207. The first kappa shape index (κ1) is 15.7. The van der Waals surface area contributed by atoms with Crippen molar-refractivity contribution >= 4 is 19.2 Å². The molecule has 0 aliphatic carbocycles. The molecule has 0 aromatic heterocycles. The van der Waals surface area contributed by atoms with Crippen LogP contribution in [-0.2, 0) is 9.53 Å². The van der Waals surface area contributed by atoms with Gasteiger partial charge in [-0.2, -0.15) is 0 Å². The molecular weight excluding hydrogens is 254 g/mol. The monoisotopic (exact) mass is 277 g/mol. The molecule has 0 fully saturated rings. The van der Waals surface area contributed by atoms with E-state index in [1.807, 2.05) is 37.3 Å². The smallest absolute Gasteiger partial charge is 0.322 e. The van der Waals surface area contributed by atoms with Gasteiger partial charge in [0.25, 0.3) is 0 Å². The first-order valence-electron chi connectivity index (χ1n) is 6.47. The second-order valence-electron chi connectivity index (χ2n) is 5.19. The Morgan fingerprint density at radius 3 is 2.37 bits per heavy atom. The number of carbonyl (C=O) groups excluding carboxylic acids is 1. The van der Waals surface area contributed by atoms with Gasteiger partial charge in [0, 0.05) is 5.54 Å². The molecule has 0 heterocycles. The van der Waals surface area contributed by atoms with Crippen LogP contribution >= 0.6 is 0 Å². The normalized spacial score (nSPS) is 15.2.